The molecule has 3 rings (SSSR count). The molecule has 0 saturated heterocycles. The third-order valence-electron chi connectivity index (χ3n) is 5.06. The number of amides is 1. The van der Waals surface area contributed by atoms with Crippen LogP contribution < -0.4 is 9.46 Å². The zero-order valence-electron chi connectivity index (χ0n) is 14.6. The maximum absolute atomic E-state index is 13.1. The van der Waals surface area contributed by atoms with Crippen LogP contribution in [-0.4, -0.2) is 21.4 Å². The highest BCUT2D eigenvalue weighted by atomic mass is 35.5. The van der Waals surface area contributed by atoms with Crippen molar-refractivity contribution in [2.45, 2.75) is 36.5 Å². The second-order valence-corrected chi connectivity index (χ2v) is 8.35. The summed E-state index contributed by atoms with van der Waals surface area (Å²) in [6.45, 7) is 1.88. The summed E-state index contributed by atoms with van der Waals surface area (Å²) in [6, 6.07) is 11.6. The number of halogens is 1. The predicted molar refractivity (Wildman–Crippen MR) is 100 cm³/mol. The molecule has 1 aliphatic carbocycles. The van der Waals surface area contributed by atoms with Gasteiger partial charge in [-0.3, -0.25) is 4.79 Å². The van der Waals surface area contributed by atoms with Gasteiger partial charge in [0, 0.05) is 5.02 Å². The topological polar surface area (TPSA) is 72.5 Å². The first kappa shape index (κ1) is 18.7. The molecular formula is C19H20ClNO4S. The highest BCUT2D eigenvalue weighted by molar-refractivity contribution is 7.90. The minimum absolute atomic E-state index is 0.0635. The monoisotopic (exact) mass is 393 g/mol. The van der Waals surface area contributed by atoms with E-state index in [1.807, 2.05) is 13.0 Å². The average Bonchev–Trinajstić information content (AvgIpc) is 3.02. The smallest absolute Gasteiger partial charge is 0.267 e. The number of para-hydroxylation sites is 1. The van der Waals surface area contributed by atoms with Crippen molar-refractivity contribution in [3.05, 3.63) is 58.6 Å². The van der Waals surface area contributed by atoms with E-state index in [4.69, 9.17) is 16.3 Å². The van der Waals surface area contributed by atoms with E-state index in [1.54, 1.807) is 30.3 Å². The molecule has 26 heavy (non-hydrogen) atoms. The van der Waals surface area contributed by atoms with Crippen molar-refractivity contribution in [1.82, 2.24) is 4.72 Å². The second kappa shape index (κ2) is 6.93. The molecule has 1 unspecified atom stereocenters. The van der Waals surface area contributed by atoms with E-state index in [0.29, 0.717) is 24.3 Å². The van der Waals surface area contributed by atoms with Crippen LogP contribution in [-0.2, 0) is 26.7 Å². The fourth-order valence-electron chi connectivity index (χ4n) is 3.61. The number of carbonyl (C=O) groups is 1. The lowest BCUT2D eigenvalue weighted by atomic mass is 9.79. The lowest BCUT2D eigenvalue weighted by Crippen LogP contribution is -2.45. The Labute approximate surface area is 158 Å². The third kappa shape index (κ3) is 2.97. The molecule has 0 saturated carbocycles. The van der Waals surface area contributed by atoms with Gasteiger partial charge in [0.25, 0.3) is 10.0 Å². The van der Waals surface area contributed by atoms with Crippen LogP contribution >= 0.6 is 11.6 Å². The van der Waals surface area contributed by atoms with Crippen LogP contribution in [0.2, 0.25) is 5.02 Å². The van der Waals surface area contributed by atoms with E-state index in [2.05, 4.69) is 4.72 Å². The van der Waals surface area contributed by atoms with Crippen LogP contribution in [0.3, 0.4) is 0 Å². The maximum Gasteiger partial charge on any atom is 0.267 e. The minimum atomic E-state index is -4.06. The van der Waals surface area contributed by atoms with Gasteiger partial charge in [0.15, 0.2) is 0 Å². The molecule has 2 aromatic rings. The van der Waals surface area contributed by atoms with Gasteiger partial charge in [-0.1, -0.05) is 42.8 Å². The van der Waals surface area contributed by atoms with Crippen LogP contribution in [0.5, 0.6) is 5.75 Å². The number of carbonyl (C=O) groups excluding carboxylic acids is 1. The van der Waals surface area contributed by atoms with E-state index in [1.165, 1.54) is 13.2 Å². The third-order valence-corrected chi connectivity index (χ3v) is 6.78. The van der Waals surface area contributed by atoms with Crippen molar-refractivity contribution in [2.24, 2.45) is 0 Å². The Morgan fingerprint density at radius 1 is 1.23 bits per heavy atom. The van der Waals surface area contributed by atoms with Gasteiger partial charge in [0.05, 0.1) is 12.5 Å². The molecular weight excluding hydrogens is 374 g/mol. The standard InChI is InChI=1S/C19H20ClNO4S/c1-3-19(12-11-13-14(19)7-6-8-15(13)20)18(22)21-26(23,24)17-10-5-4-9-16(17)25-2/h4-10H,3,11-12H2,1-2H3,(H,21,22). The summed E-state index contributed by atoms with van der Waals surface area (Å²) in [5.41, 5.74) is 0.816. The molecule has 0 aliphatic heterocycles. The number of methoxy groups -OCH3 is 1. The van der Waals surface area contributed by atoms with Gasteiger partial charge in [0.2, 0.25) is 5.91 Å². The Morgan fingerprint density at radius 2 is 1.96 bits per heavy atom. The fraction of sp³-hybridized carbons (Fsp3) is 0.316. The Morgan fingerprint density at radius 3 is 2.65 bits per heavy atom. The van der Waals surface area contributed by atoms with Gasteiger partial charge >= 0.3 is 0 Å². The number of sulfonamides is 1. The average molecular weight is 394 g/mol. The van der Waals surface area contributed by atoms with Crippen LogP contribution in [0.15, 0.2) is 47.4 Å². The van der Waals surface area contributed by atoms with Gasteiger partial charge in [-0.2, -0.15) is 0 Å². The SMILES string of the molecule is CCC1(C(=O)NS(=O)(=O)c2ccccc2OC)CCc2c(Cl)cccc21. The van der Waals surface area contributed by atoms with E-state index in [-0.39, 0.29) is 10.6 Å². The van der Waals surface area contributed by atoms with Crippen molar-refractivity contribution in [2.75, 3.05) is 7.11 Å². The molecule has 1 amide bonds. The number of hydrogen-bond acceptors (Lipinski definition) is 4. The molecule has 0 fully saturated rings. The van der Waals surface area contributed by atoms with Gasteiger partial charge in [-0.15, -0.1) is 0 Å². The van der Waals surface area contributed by atoms with Crippen LogP contribution in [0, 0.1) is 0 Å². The molecule has 1 atom stereocenters. The molecule has 0 bridgehead atoms. The Bertz CT molecular complexity index is 958. The molecule has 0 aromatic heterocycles. The summed E-state index contributed by atoms with van der Waals surface area (Å²) in [7, 11) is -2.67. The number of hydrogen-bond donors (Lipinski definition) is 1. The van der Waals surface area contributed by atoms with Gasteiger partial charge < -0.3 is 4.74 Å². The summed E-state index contributed by atoms with van der Waals surface area (Å²) >= 11 is 6.26. The lowest BCUT2D eigenvalue weighted by Gasteiger charge is -2.27. The maximum atomic E-state index is 13.1. The molecule has 1 aliphatic rings. The first-order valence-electron chi connectivity index (χ1n) is 8.34. The Hall–Kier alpha value is -2.05. The largest absolute Gasteiger partial charge is 0.495 e. The van der Waals surface area contributed by atoms with Crippen LogP contribution in [0.25, 0.3) is 0 Å². The Kier molecular flexibility index (Phi) is 4.99. The van der Waals surface area contributed by atoms with E-state index < -0.39 is 21.3 Å². The van der Waals surface area contributed by atoms with Crippen LogP contribution in [0.4, 0.5) is 0 Å². The zero-order chi connectivity index (χ0) is 18.9. The number of nitrogens with one attached hydrogen (secondary N) is 1. The molecule has 7 heteroatoms. The molecule has 1 N–H and O–H groups in total. The zero-order valence-corrected chi connectivity index (χ0v) is 16.2. The molecule has 2 aromatic carbocycles. The highest BCUT2D eigenvalue weighted by Gasteiger charge is 2.45. The normalized spacial score (nSPS) is 19.0. The van der Waals surface area contributed by atoms with Crippen molar-refractivity contribution in [3.63, 3.8) is 0 Å². The second-order valence-electron chi connectivity index (χ2n) is 6.29. The first-order valence-corrected chi connectivity index (χ1v) is 10.2. The molecule has 0 heterocycles. The van der Waals surface area contributed by atoms with E-state index in [0.717, 1.165) is 11.1 Å². The quantitative estimate of drug-likeness (QED) is 0.844. The fourth-order valence-corrected chi connectivity index (χ4v) is 5.11. The minimum Gasteiger partial charge on any atom is -0.495 e. The van der Waals surface area contributed by atoms with Gasteiger partial charge in [0.1, 0.15) is 10.6 Å². The number of benzene rings is 2. The number of ether oxygens (including phenoxy) is 1. The summed E-state index contributed by atoms with van der Waals surface area (Å²) in [6.07, 6.45) is 1.65. The summed E-state index contributed by atoms with van der Waals surface area (Å²) in [5, 5.41) is 0.609. The highest BCUT2D eigenvalue weighted by Crippen LogP contribution is 2.44. The van der Waals surface area contributed by atoms with Gasteiger partial charge in [-0.25, -0.2) is 13.1 Å². The number of rotatable bonds is 5. The molecule has 5 nitrogen and oxygen atoms in total. The summed E-state index contributed by atoms with van der Waals surface area (Å²) in [5.74, 6) is -0.347. The first-order chi connectivity index (χ1) is 12.4. The van der Waals surface area contributed by atoms with Gasteiger partial charge in [-0.05, 0) is 48.6 Å². The summed E-state index contributed by atoms with van der Waals surface area (Å²) in [4.78, 5) is 13.0. The van der Waals surface area contributed by atoms with Crippen molar-refractivity contribution >= 4 is 27.5 Å². The molecule has 0 spiro atoms. The number of fused-ring (bicyclic) bond motifs is 1. The van der Waals surface area contributed by atoms with E-state index >= 15 is 0 Å². The van der Waals surface area contributed by atoms with Crippen LogP contribution in [0.1, 0.15) is 30.9 Å². The van der Waals surface area contributed by atoms with Crippen molar-refractivity contribution < 1.29 is 17.9 Å². The lowest BCUT2D eigenvalue weighted by molar-refractivity contribution is -0.125. The predicted octanol–water partition coefficient (Wildman–Crippen LogP) is 3.45. The molecule has 0 radical (unpaired) electrons. The van der Waals surface area contributed by atoms with Crippen molar-refractivity contribution in [3.8, 4) is 5.75 Å². The van der Waals surface area contributed by atoms with E-state index in [9.17, 15) is 13.2 Å². The van der Waals surface area contributed by atoms with Crippen molar-refractivity contribution in [1.29, 1.82) is 0 Å². The summed E-state index contributed by atoms with van der Waals surface area (Å²) < 4.78 is 32.9. The molecule has 138 valence electrons. The Balaban J connectivity index is 1.99.